The van der Waals surface area contributed by atoms with Gasteiger partial charge in [-0.2, -0.15) is 4.98 Å². The molecule has 7 nitrogen and oxygen atoms in total. The van der Waals surface area contributed by atoms with Gasteiger partial charge in [-0.25, -0.2) is 4.68 Å². The molecule has 8 heteroatoms. The molecular formula is C12H20N6OS. The highest BCUT2D eigenvalue weighted by atomic mass is 32.2. The van der Waals surface area contributed by atoms with E-state index in [0.717, 1.165) is 11.7 Å². The van der Waals surface area contributed by atoms with Crippen LogP contribution < -0.4 is 0 Å². The topological polar surface area (TPSA) is 82.5 Å². The summed E-state index contributed by atoms with van der Waals surface area (Å²) >= 11 is 1.51. The van der Waals surface area contributed by atoms with Crippen LogP contribution in [0.5, 0.6) is 0 Å². The maximum atomic E-state index is 5.26. The molecule has 0 fully saturated rings. The predicted molar refractivity (Wildman–Crippen MR) is 75.2 cm³/mol. The average Bonchev–Trinajstić information content (AvgIpc) is 2.93. The minimum absolute atomic E-state index is 0.130. The number of thioether (sulfide) groups is 1. The summed E-state index contributed by atoms with van der Waals surface area (Å²) in [5, 5.41) is 16.5. The second kappa shape index (κ2) is 5.90. The van der Waals surface area contributed by atoms with E-state index in [-0.39, 0.29) is 5.41 Å². The molecule has 0 aliphatic rings. The Morgan fingerprint density at radius 1 is 1.30 bits per heavy atom. The predicted octanol–water partition coefficient (Wildman–Crippen LogP) is 2.30. The van der Waals surface area contributed by atoms with Crippen LogP contribution in [0.1, 0.15) is 46.3 Å². The van der Waals surface area contributed by atoms with E-state index >= 15 is 0 Å². The van der Waals surface area contributed by atoms with E-state index in [2.05, 4.69) is 39.5 Å². The lowest BCUT2D eigenvalue weighted by atomic mass is 9.97. The van der Waals surface area contributed by atoms with Crippen molar-refractivity contribution in [1.82, 2.24) is 30.3 Å². The molecule has 0 amide bonds. The zero-order valence-corrected chi connectivity index (χ0v) is 13.3. The third kappa shape index (κ3) is 3.78. The fraction of sp³-hybridized carbons (Fsp3) is 0.750. The van der Waals surface area contributed by atoms with E-state index in [0.29, 0.717) is 23.4 Å². The van der Waals surface area contributed by atoms with Crippen molar-refractivity contribution in [1.29, 1.82) is 0 Å². The molecule has 2 aromatic rings. The average molecular weight is 296 g/mol. The first kappa shape index (κ1) is 15.0. The van der Waals surface area contributed by atoms with Crippen LogP contribution in [0.15, 0.2) is 9.68 Å². The molecular weight excluding hydrogens is 276 g/mol. The van der Waals surface area contributed by atoms with Crippen molar-refractivity contribution < 1.29 is 4.52 Å². The Hall–Kier alpha value is -1.44. The van der Waals surface area contributed by atoms with Crippen LogP contribution in [0, 0.1) is 5.92 Å². The van der Waals surface area contributed by atoms with Gasteiger partial charge in [0.05, 0.1) is 5.75 Å². The maximum absolute atomic E-state index is 5.26. The molecule has 0 aromatic carbocycles. The van der Waals surface area contributed by atoms with Crippen LogP contribution in [-0.4, -0.2) is 30.3 Å². The quantitative estimate of drug-likeness (QED) is 0.783. The summed E-state index contributed by atoms with van der Waals surface area (Å²) in [6.07, 6.45) is 0. The summed E-state index contributed by atoms with van der Waals surface area (Å²) in [4.78, 5) is 4.40. The summed E-state index contributed by atoms with van der Waals surface area (Å²) in [7, 11) is 0. The lowest BCUT2D eigenvalue weighted by Crippen LogP contribution is -2.11. The summed E-state index contributed by atoms with van der Waals surface area (Å²) in [6, 6.07) is 0. The van der Waals surface area contributed by atoms with Gasteiger partial charge in [-0.1, -0.05) is 51.5 Å². The SMILES string of the molecule is CC(C)Cn1nnnc1SCc1noc(C(C)(C)C)n1. The number of aromatic nitrogens is 6. The van der Waals surface area contributed by atoms with Gasteiger partial charge in [-0.05, 0) is 16.3 Å². The van der Waals surface area contributed by atoms with E-state index in [4.69, 9.17) is 4.52 Å². The Morgan fingerprint density at radius 2 is 2.05 bits per heavy atom. The second-order valence-electron chi connectivity index (χ2n) is 6.09. The number of rotatable bonds is 5. The normalized spacial score (nSPS) is 12.3. The molecule has 0 saturated heterocycles. The standard InChI is InChI=1S/C12H20N6OS/c1-8(2)6-18-11(14-16-17-18)20-7-9-13-10(19-15-9)12(3,4)5/h8H,6-7H2,1-5H3. The molecule has 2 aromatic heterocycles. The number of nitrogens with zero attached hydrogens (tertiary/aromatic N) is 6. The van der Waals surface area contributed by atoms with E-state index in [1.807, 2.05) is 20.8 Å². The lowest BCUT2D eigenvalue weighted by Gasteiger charge is -2.10. The van der Waals surface area contributed by atoms with Crippen LogP contribution in [0.3, 0.4) is 0 Å². The summed E-state index contributed by atoms with van der Waals surface area (Å²) in [5.41, 5.74) is -0.130. The van der Waals surface area contributed by atoms with Gasteiger partial charge in [0.1, 0.15) is 0 Å². The molecule has 0 radical (unpaired) electrons. The molecule has 0 N–H and O–H groups in total. The van der Waals surface area contributed by atoms with Crippen molar-refractivity contribution in [3.63, 3.8) is 0 Å². The van der Waals surface area contributed by atoms with Gasteiger partial charge in [-0.3, -0.25) is 0 Å². The van der Waals surface area contributed by atoms with Crippen molar-refractivity contribution in [2.75, 3.05) is 0 Å². The second-order valence-corrected chi connectivity index (χ2v) is 7.03. The molecule has 20 heavy (non-hydrogen) atoms. The van der Waals surface area contributed by atoms with Crippen LogP contribution >= 0.6 is 11.8 Å². The van der Waals surface area contributed by atoms with Crippen molar-refractivity contribution in [3.8, 4) is 0 Å². The minimum atomic E-state index is -0.130. The Balaban J connectivity index is 1.99. The van der Waals surface area contributed by atoms with Crippen LogP contribution in [0.2, 0.25) is 0 Å². The number of hydrogen-bond acceptors (Lipinski definition) is 7. The Kier molecular flexibility index (Phi) is 4.42. The fourth-order valence-electron chi connectivity index (χ4n) is 1.51. The van der Waals surface area contributed by atoms with E-state index in [1.54, 1.807) is 4.68 Å². The smallest absolute Gasteiger partial charge is 0.232 e. The van der Waals surface area contributed by atoms with E-state index < -0.39 is 0 Å². The van der Waals surface area contributed by atoms with Gasteiger partial charge >= 0.3 is 0 Å². The summed E-state index contributed by atoms with van der Waals surface area (Å²) in [6.45, 7) is 11.2. The van der Waals surface area contributed by atoms with Crippen molar-refractivity contribution in [2.24, 2.45) is 5.92 Å². The molecule has 0 saturated carbocycles. The maximum Gasteiger partial charge on any atom is 0.232 e. The zero-order chi connectivity index (χ0) is 14.8. The Morgan fingerprint density at radius 3 is 2.65 bits per heavy atom. The Labute approximate surface area is 122 Å². The van der Waals surface area contributed by atoms with Crippen molar-refractivity contribution in [2.45, 2.75) is 57.5 Å². The molecule has 0 bridgehead atoms. The van der Waals surface area contributed by atoms with Gasteiger partial charge < -0.3 is 4.52 Å². The monoisotopic (exact) mass is 296 g/mol. The molecule has 0 aliphatic carbocycles. The highest BCUT2D eigenvalue weighted by Crippen LogP contribution is 2.23. The van der Waals surface area contributed by atoms with E-state index in [9.17, 15) is 0 Å². The Bertz CT molecular complexity index is 556. The van der Waals surface area contributed by atoms with Crippen LogP contribution in [0.4, 0.5) is 0 Å². The van der Waals surface area contributed by atoms with Gasteiger partial charge in [0.2, 0.25) is 11.0 Å². The minimum Gasteiger partial charge on any atom is -0.339 e. The molecule has 0 spiro atoms. The fourth-order valence-corrected chi connectivity index (χ4v) is 2.24. The third-order valence-corrected chi connectivity index (χ3v) is 3.43. The molecule has 2 heterocycles. The zero-order valence-electron chi connectivity index (χ0n) is 12.5. The first-order chi connectivity index (χ1) is 9.36. The largest absolute Gasteiger partial charge is 0.339 e. The van der Waals surface area contributed by atoms with Crippen molar-refractivity contribution in [3.05, 3.63) is 11.7 Å². The lowest BCUT2D eigenvalue weighted by molar-refractivity contribution is 0.319. The first-order valence-corrected chi connectivity index (χ1v) is 7.57. The molecule has 0 aliphatic heterocycles. The van der Waals surface area contributed by atoms with Crippen LogP contribution in [0.25, 0.3) is 0 Å². The van der Waals surface area contributed by atoms with Crippen LogP contribution in [-0.2, 0) is 17.7 Å². The van der Waals surface area contributed by atoms with Gasteiger partial charge in [0, 0.05) is 12.0 Å². The van der Waals surface area contributed by atoms with Gasteiger partial charge in [0.15, 0.2) is 5.82 Å². The molecule has 0 unspecified atom stereocenters. The molecule has 0 atom stereocenters. The third-order valence-electron chi connectivity index (χ3n) is 2.48. The molecule has 110 valence electrons. The summed E-state index contributed by atoms with van der Waals surface area (Å²) in [5.74, 6) is 2.40. The highest BCUT2D eigenvalue weighted by molar-refractivity contribution is 7.98. The summed E-state index contributed by atoms with van der Waals surface area (Å²) < 4.78 is 7.07. The van der Waals surface area contributed by atoms with Gasteiger partial charge in [0.25, 0.3) is 0 Å². The molecule has 2 rings (SSSR count). The number of tetrazole rings is 1. The van der Waals surface area contributed by atoms with Gasteiger partial charge in [-0.15, -0.1) is 5.10 Å². The first-order valence-electron chi connectivity index (χ1n) is 6.58. The van der Waals surface area contributed by atoms with E-state index in [1.165, 1.54) is 11.8 Å². The highest BCUT2D eigenvalue weighted by Gasteiger charge is 2.22. The number of hydrogen-bond donors (Lipinski definition) is 0. The van der Waals surface area contributed by atoms with Crippen molar-refractivity contribution >= 4 is 11.8 Å².